The summed E-state index contributed by atoms with van der Waals surface area (Å²) in [5.74, 6) is 0. The fraction of sp³-hybridized carbons (Fsp3) is 0.357. The predicted octanol–water partition coefficient (Wildman–Crippen LogP) is 3.88. The molecule has 0 atom stereocenters. The largest absolute Gasteiger partial charge is 0.385 e. The van der Waals surface area contributed by atoms with Crippen LogP contribution in [0.2, 0.25) is 0 Å². The number of fused-ring (bicyclic) bond motifs is 1. The van der Waals surface area contributed by atoms with Crippen LogP contribution in [-0.2, 0) is 11.3 Å². The molecule has 0 fully saturated rings. The van der Waals surface area contributed by atoms with Gasteiger partial charge in [0.15, 0.2) is 0 Å². The highest BCUT2D eigenvalue weighted by atomic mass is 79.9. The van der Waals surface area contributed by atoms with Crippen molar-refractivity contribution >= 4 is 32.5 Å². The Kier molecular flexibility index (Phi) is 4.19. The number of ether oxygens (including phenoxy) is 1. The van der Waals surface area contributed by atoms with E-state index in [-0.39, 0.29) is 0 Å². The number of anilines is 1. The predicted molar refractivity (Wildman–Crippen MR) is 79.1 cm³/mol. The minimum atomic E-state index is 0.523. The van der Waals surface area contributed by atoms with E-state index in [9.17, 15) is 0 Å². The number of methoxy groups -OCH3 is 1. The summed E-state index contributed by atoms with van der Waals surface area (Å²) < 4.78 is 6.19. The molecule has 1 aromatic heterocycles. The van der Waals surface area contributed by atoms with Crippen LogP contribution < -0.4 is 5.32 Å². The van der Waals surface area contributed by atoms with Crippen molar-refractivity contribution in [2.45, 2.75) is 20.5 Å². The molecule has 0 radical (unpaired) electrons. The molecule has 96 valence electrons. The molecule has 0 aliphatic rings. The second kappa shape index (κ2) is 5.67. The molecule has 4 heteroatoms. The molecule has 0 amide bonds. The third-order valence-corrected chi connectivity index (χ3v) is 3.47. The maximum Gasteiger partial charge on any atom is 0.0885 e. The second-order valence-electron chi connectivity index (χ2n) is 4.21. The van der Waals surface area contributed by atoms with Crippen molar-refractivity contribution in [2.24, 2.45) is 0 Å². The van der Waals surface area contributed by atoms with Crippen molar-refractivity contribution in [3.63, 3.8) is 0 Å². The first-order chi connectivity index (χ1) is 8.67. The van der Waals surface area contributed by atoms with Crippen LogP contribution in [0.15, 0.2) is 22.7 Å². The van der Waals surface area contributed by atoms with Crippen LogP contribution in [0.25, 0.3) is 10.9 Å². The van der Waals surface area contributed by atoms with Crippen LogP contribution in [0.5, 0.6) is 0 Å². The fourth-order valence-electron chi connectivity index (χ4n) is 2.08. The summed E-state index contributed by atoms with van der Waals surface area (Å²) >= 11 is 3.57. The van der Waals surface area contributed by atoms with Gasteiger partial charge in [0.05, 0.1) is 17.8 Å². The van der Waals surface area contributed by atoms with Crippen molar-refractivity contribution in [3.05, 3.63) is 33.9 Å². The van der Waals surface area contributed by atoms with Gasteiger partial charge < -0.3 is 10.1 Å². The average molecular weight is 309 g/mol. The highest BCUT2D eigenvalue weighted by Gasteiger charge is 2.10. The van der Waals surface area contributed by atoms with Gasteiger partial charge in [0.2, 0.25) is 0 Å². The first-order valence-corrected chi connectivity index (χ1v) is 6.78. The van der Waals surface area contributed by atoms with Gasteiger partial charge in [-0.05, 0) is 47.5 Å². The maximum absolute atomic E-state index is 5.17. The summed E-state index contributed by atoms with van der Waals surface area (Å²) in [5.41, 5.74) is 4.27. The van der Waals surface area contributed by atoms with Gasteiger partial charge in [-0.25, -0.2) is 4.98 Å². The van der Waals surface area contributed by atoms with Gasteiger partial charge in [-0.3, -0.25) is 0 Å². The smallest absolute Gasteiger partial charge is 0.0885 e. The Morgan fingerprint density at radius 2 is 2.17 bits per heavy atom. The molecule has 2 aromatic rings. The van der Waals surface area contributed by atoms with Crippen molar-refractivity contribution in [2.75, 3.05) is 19.0 Å². The molecule has 2 rings (SSSR count). The van der Waals surface area contributed by atoms with E-state index in [1.807, 2.05) is 6.07 Å². The molecule has 3 nitrogen and oxygen atoms in total. The standard InChI is InChI=1S/C14H17BrN2O/c1-4-16-12-7-10(8-18-3)17-14-11(15)6-5-9(2)13(12)14/h5-7H,4,8H2,1-3H3,(H,16,17). The number of pyridine rings is 1. The van der Waals surface area contributed by atoms with Crippen LogP contribution in [0.1, 0.15) is 18.2 Å². The molecule has 0 aliphatic carbocycles. The lowest BCUT2D eigenvalue weighted by Gasteiger charge is -2.13. The lowest BCUT2D eigenvalue weighted by molar-refractivity contribution is 0.182. The summed E-state index contributed by atoms with van der Waals surface area (Å²) in [6.07, 6.45) is 0. The number of benzene rings is 1. The van der Waals surface area contributed by atoms with E-state index in [1.54, 1.807) is 7.11 Å². The van der Waals surface area contributed by atoms with E-state index >= 15 is 0 Å². The molecule has 0 aliphatic heterocycles. The number of hydrogen-bond acceptors (Lipinski definition) is 3. The first-order valence-electron chi connectivity index (χ1n) is 5.99. The highest BCUT2D eigenvalue weighted by Crippen LogP contribution is 2.31. The van der Waals surface area contributed by atoms with E-state index < -0.39 is 0 Å². The normalized spacial score (nSPS) is 10.9. The highest BCUT2D eigenvalue weighted by molar-refractivity contribution is 9.10. The number of hydrogen-bond donors (Lipinski definition) is 1. The Morgan fingerprint density at radius 3 is 2.83 bits per heavy atom. The molecule has 1 N–H and O–H groups in total. The molecule has 0 spiro atoms. The SMILES string of the molecule is CCNc1cc(COC)nc2c(Br)ccc(C)c12. The van der Waals surface area contributed by atoms with Crippen molar-refractivity contribution in [1.82, 2.24) is 4.98 Å². The Labute approximate surface area is 116 Å². The number of aromatic nitrogens is 1. The number of nitrogens with one attached hydrogen (secondary N) is 1. The van der Waals surface area contributed by atoms with Crippen molar-refractivity contribution in [1.29, 1.82) is 0 Å². The number of aryl methyl sites for hydroxylation is 1. The third-order valence-electron chi connectivity index (χ3n) is 2.83. The van der Waals surface area contributed by atoms with Gasteiger partial charge >= 0.3 is 0 Å². The molecule has 0 saturated carbocycles. The summed E-state index contributed by atoms with van der Waals surface area (Å²) in [7, 11) is 1.68. The molecular formula is C14H17BrN2O. The lowest BCUT2D eigenvalue weighted by Crippen LogP contribution is -2.02. The van der Waals surface area contributed by atoms with E-state index in [1.165, 1.54) is 10.9 Å². The van der Waals surface area contributed by atoms with E-state index in [4.69, 9.17) is 4.74 Å². The van der Waals surface area contributed by atoms with Crippen LogP contribution in [0, 0.1) is 6.92 Å². The van der Waals surface area contributed by atoms with Crippen LogP contribution in [0.3, 0.4) is 0 Å². The first kappa shape index (κ1) is 13.3. The van der Waals surface area contributed by atoms with Gasteiger partial charge in [0.25, 0.3) is 0 Å². The van der Waals surface area contributed by atoms with Crippen molar-refractivity contribution < 1.29 is 4.74 Å². The molecule has 1 heterocycles. The summed E-state index contributed by atoms with van der Waals surface area (Å²) in [6, 6.07) is 6.21. The lowest BCUT2D eigenvalue weighted by atomic mass is 10.1. The number of nitrogens with zero attached hydrogens (tertiary/aromatic N) is 1. The van der Waals surface area contributed by atoms with Gasteiger partial charge in [0.1, 0.15) is 0 Å². The van der Waals surface area contributed by atoms with E-state index in [0.29, 0.717) is 6.61 Å². The quantitative estimate of drug-likeness (QED) is 0.930. The van der Waals surface area contributed by atoms with Gasteiger partial charge in [0, 0.05) is 29.2 Å². The zero-order valence-corrected chi connectivity index (χ0v) is 12.5. The van der Waals surface area contributed by atoms with Gasteiger partial charge in [-0.15, -0.1) is 0 Å². The monoisotopic (exact) mass is 308 g/mol. The Balaban J connectivity index is 2.72. The molecule has 0 unspecified atom stereocenters. The molecular weight excluding hydrogens is 292 g/mol. The zero-order valence-electron chi connectivity index (χ0n) is 10.9. The minimum Gasteiger partial charge on any atom is -0.385 e. The topological polar surface area (TPSA) is 34.1 Å². The summed E-state index contributed by atoms with van der Waals surface area (Å²) in [6.45, 7) is 5.61. The number of rotatable bonds is 4. The molecule has 1 aromatic carbocycles. The fourth-order valence-corrected chi connectivity index (χ4v) is 2.50. The Morgan fingerprint density at radius 1 is 1.39 bits per heavy atom. The Hall–Kier alpha value is -1.13. The number of halogens is 1. The van der Waals surface area contributed by atoms with Crippen LogP contribution in [0.4, 0.5) is 5.69 Å². The van der Waals surface area contributed by atoms with Gasteiger partial charge in [-0.1, -0.05) is 6.07 Å². The van der Waals surface area contributed by atoms with E-state index in [2.05, 4.69) is 52.2 Å². The average Bonchev–Trinajstić information content (AvgIpc) is 2.34. The third kappa shape index (κ3) is 2.49. The van der Waals surface area contributed by atoms with Crippen molar-refractivity contribution in [3.8, 4) is 0 Å². The minimum absolute atomic E-state index is 0.523. The maximum atomic E-state index is 5.17. The second-order valence-corrected chi connectivity index (χ2v) is 5.07. The summed E-state index contributed by atoms with van der Waals surface area (Å²) in [4.78, 5) is 4.66. The molecule has 0 saturated heterocycles. The van der Waals surface area contributed by atoms with Crippen LogP contribution >= 0.6 is 15.9 Å². The van der Waals surface area contributed by atoms with E-state index in [0.717, 1.165) is 27.9 Å². The molecule has 18 heavy (non-hydrogen) atoms. The summed E-state index contributed by atoms with van der Waals surface area (Å²) in [5, 5.41) is 4.57. The molecule has 0 bridgehead atoms. The zero-order chi connectivity index (χ0) is 13.1. The Bertz CT molecular complexity index is 569. The van der Waals surface area contributed by atoms with Gasteiger partial charge in [-0.2, -0.15) is 0 Å². The van der Waals surface area contributed by atoms with Crippen LogP contribution in [-0.4, -0.2) is 18.6 Å².